The first-order chi connectivity index (χ1) is 9.74. The van der Waals surface area contributed by atoms with Crippen molar-refractivity contribution in [1.29, 1.82) is 0 Å². The second kappa shape index (κ2) is 4.65. The van der Waals surface area contributed by atoms with Gasteiger partial charge in [0.05, 0.1) is 17.5 Å². The second-order valence-corrected chi connectivity index (χ2v) is 6.92. The van der Waals surface area contributed by atoms with Crippen LogP contribution in [0.25, 0.3) is 10.2 Å². The number of thiophene rings is 1. The van der Waals surface area contributed by atoms with E-state index in [0.29, 0.717) is 5.92 Å². The second-order valence-electron chi connectivity index (χ2n) is 5.69. The molecule has 20 heavy (non-hydrogen) atoms. The number of nitrogens with one attached hydrogen (secondary N) is 1. The van der Waals surface area contributed by atoms with Crippen LogP contribution in [-0.2, 0) is 4.74 Å². The van der Waals surface area contributed by atoms with Crippen LogP contribution in [0.3, 0.4) is 0 Å². The van der Waals surface area contributed by atoms with Crippen molar-refractivity contribution in [3.63, 3.8) is 0 Å². The van der Waals surface area contributed by atoms with Crippen LogP contribution in [0.2, 0.25) is 0 Å². The fourth-order valence-corrected chi connectivity index (χ4v) is 4.22. The molecule has 1 aliphatic carbocycles. The number of fused-ring (bicyclic) bond motifs is 2. The third-order valence-electron chi connectivity index (χ3n) is 4.43. The molecule has 2 aromatic rings. The van der Waals surface area contributed by atoms with Crippen LogP contribution in [-0.4, -0.2) is 34.8 Å². The molecule has 106 valence electrons. The molecular weight excluding hydrogens is 272 g/mol. The highest BCUT2D eigenvalue weighted by molar-refractivity contribution is 7.18. The van der Waals surface area contributed by atoms with Crippen molar-refractivity contribution in [2.45, 2.75) is 38.0 Å². The molecule has 4 unspecified atom stereocenters. The van der Waals surface area contributed by atoms with Crippen LogP contribution in [0.5, 0.6) is 0 Å². The van der Waals surface area contributed by atoms with Gasteiger partial charge in [-0.2, -0.15) is 0 Å². The SMILES string of the molecule is Cc1cc2c(NC3C(N)C4CCCOC43)ncnc2s1. The Morgan fingerprint density at radius 1 is 1.45 bits per heavy atom. The van der Waals surface area contributed by atoms with Crippen molar-refractivity contribution in [2.75, 3.05) is 11.9 Å². The fourth-order valence-electron chi connectivity index (χ4n) is 3.37. The zero-order chi connectivity index (χ0) is 13.7. The highest BCUT2D eigenvalue weighted by Crippen LogP contribution is 2.39. The zero-order valence-corrected chi connectivity index (χ0v) is 12.2. The van der Waals surface area contributed by atoms with Gasteiger partial charge in [-0.1, -0.05) is 0 Å². The van der Waals surface area contributed by atoms with Gasteiger partial charge in [0.1, 0.15) is 17.0 Å². The maximum Gasteiger partial charge on any atom is 0.138 e. The topological polar surface area (TPSA) is 73.1 Å². The van der Waals surface area contributed by atoms with Crippen molar-refractivity contribution in [1.82, 2.24) is 9.97 Å². The van der Waals surface area contributed by atoms with Gasteiger partial charge in [0.15, 0.2) is 0 Å². The molecule has 0 spiro atoms. The van der Waals surface area contributed by atoms with Gasteiger partial charge in [0, 0.05) is 23.4 Å². The van der Waals surface area contributed by atoms with E-state index in [1.165, 1.54) is 11.3 Å². The third-order valence-corrected chi connectivity index (χ3v) is 5.39. The number of anilines is 1. The Kier molecular flexibility index (Phi) is 2.90. The Bertz CT molecular complexity index is 643. The van der Waals surface area contributed by atoms with Crippen molar-refractivity contribution in [2.24, 2.45) is 11.7 Å². The van der Waals surface area contributed by atoms with E-state index < -0.39 is 0 Å². The van der Waals surface area contributed by atoms with Gasteiger partial charge in [0.2, 0.25) is 0 Å². The van der Waals surface area contributed by atoms with Crippen LogP contribution in [0, 0.1) is 12.8 Å². The Balaban J connectivity index is 1.61. The normalized spacial score (nSPS) is 32.7. The van der Waals surface area contributed by atoms with Gasteiger partial charge in [-0.25, -0.2) is 9.97 Å². The minimum atomic E-state index is 0.157. The molecule has 2 aromatic heterocycles. The van der Waals surface area contributed by atoms with Crippen LogP contribution in [0.4, 0.5) is 5.82 Å². The zero-order valence-electron chi connectivity index (χ0n) is 11.4. The first kappa shape index (κ1) is 12.5. The van der Waals surface area contributed by atoms with Crippen LogP contribution < -0.4 is 11.1 Å². The molecule has 3 heterocycles. The summed E-state index contributed by atoms with van der Waals surface area (Å²) in [6.45, 7) is 2.94. The molecule has 5 nitrogen and oxygen atoms in total. The van der Waals surface area contributed by atoms with Gasteiger partial charge in [-0.05, 0) is 25.8 Å². The lowest BCUT2D eigenvalue weighted by molar-refractivity contribution is -0.104. The average molecular weight is 290 g/mol. The van der Waals surface area contributed by atoms with E-state index in [2.05, 4.69) is 28.3 Å². The quantitative estimate of drug-likeness (QED) is 0.884. The number of rotatable bonds is 2. The molecular formula is C14H18N4OS. The van der Waals surface area contributed by atoms with Crippen molar-refractivity contribution < 1.29 is 4.74 Å². The molecule has 1 saturated carbocycles. The van der Waals surface area contributed by atoms with E-state index in [1.807, 2.05) is 0 Å². The van der Waals surface area contributed by atoms with Gasteiger partial charge < -0.3 is 15.8 Å². The highest BCUT2D eigenvalue weighted by atomic mass is 32.1. The Morgan fingerprint density at radius 2 is 2.35 bits per heavy atom. The number of hydrogen-bond donors (Lipinski definition) is 2. The van der Waals surface area contributed by atoms with Crippen molar-refractivity contribution >= 4 is 27.4 Å². The molecule has 0 bridgehead atoms. The van der Waals surface area contributed by atoms with Crippen LogP contribution in [0.1, 0.15) is 17.7 Å². The van der Waals surface area contributed by atoms with Crippen molar-refractivity contribution in [3.05, 3.63) is 17.3 Å². The molecule has 6 heteroatoms. The number of nitrogens with two attached hydrogens (primary N) is 1. The fraction of sp³-hybridized carbons (Fsp3) is 0.571. The molecule has 0 amide bonds. The lowest BCUT2D eigenvalue weighted by Gasteiger charge is -2.52. The molecule has 2 aliphatic rings. The summed E-state index contributed by atoms with van der Waals surface area (Å²) in [6.07, 6.45) is 4.16. The standard InChI is InChI=1S/C14H18N4OS/c1-7-5-9-13(16-6-17-14(9)20-7)18-11-10(15)8-3-2-4-19-12(8)11/h5-6,8,10-12H,2-4,15H2,1H3,(H,16,17,18). The third kappa shape index (κ3) is 1.82. The molecule has 0 radical (unpaired) electrons. The molecule has 3 N–H and O–H groups in total. The molecule has 2 fully saturated rings. The Hall–Kier alpha value is -1.24. The number of aromatic nitrogens is 2. The predicted octanol–water partition coefficient (Wildman–Crippen LogP) is 1.92. The highest BCUT2D eigenvalue weighted by Gasteiger charge is 2.50. The summed E-state index contributed by atoms with van der Waals surface area (Å²) in [4.78, 5) is 11.0. The first-order valence-electron chi connectivity index (χ1n) is 7.09. The first-order valence-corrected chi connectivity index (χ1v) is 7.90. The van der Waals surface area contributed by atoms with Crippen LogP contribution >= 0.6 is 11.3 Å². The van der Waals surface area contributed by atoms with E-state index in [1.54, 1.807) is 17.7 Å². The smallest absolute Gasteiger partial charge is 0.138 e. The van der Waals surface area contributed by atoms with Gasteiger partial charge >= 0.3 is 0 Å². The Morgan fingerprint density at radius 3 is 3.25 bits per heavy atom. The van der Waals surface area contributed by atoms with E-state index in [9.17, 15) is 0 Å². The summed E-state index contributed by atoms with van der Waals surface area (Å²) >= 11 is 1.69. The number of hydrogen-bond acceptors (Lipinski definition) is 6. The van der Waals surface area contributed by atoms with E-state index >= 15 is 0 Å². The minimum Gasteiger partial charge on any atom is -0.376 e. The lowest BCUT2D eigenvalue weighted by atomic mass is 9.68. The predicted molar refractivity (Wildman–Crippen MR) is 80.0 cm³/mol. The summed E-state index contributed by atoms with van der Waals surface area (Å²) < 4.78 is 5.87. The van der Waals surface area contributed by atoms with Gasteiger partial charge in [-0.3, -0.25) is 0 Å². The van der Waals surface area contributed by atoms with Crippen molar-refractivity contribution in [3.8, 4) is 0 Å². The number of nitrogens with zero attached hydrogens (tertiary/aromatic N) is 2. The monoisotopic (exact) mass is 290 g/mol. The van der Waals surface area contributed by atoms with Crippen LogP contribution in [0.15, 0.2) is 12.4 Å². The summed E-state index contributed by atoms with van der Waals surface area (Å²) in [5, 5.41) is 4.57. The maximum atomic E-state index is 6.29. The van der Waals surface area contributed by atoms with Gasteiger partial charge in [0.25, 0.3) is 0 Å². The largest absolute Gasteiger partial charge is 0.376 e. The molecule has 1 aliphatic heterocycles. The van der Waals surface area contributed by atoms with E-state index in [-0.39, 0.29) is 18.2 Å². The minimum absolute atomic E-state index is 0.157. The summed E-state index contributed by atoms with van der Waals surface area (Å²) in [6, 6.07) is 2.45. The molecule has 0 aromatic carbocycles. The number of aryl methyl sites for hydroxylation is 1. The average Bonchev–Trinajstić information content (AvgIpc) is 2.85. The summed E-state index contributed by atoms with van der Waals surface area (Å²) in [7, 11) is 0. The van der Waals surface area contributed by atoms with Gasteiger partial charge in [-0.15, -0.1) is 11.3 Å². The molecule has 4 atom stereocenters. The van der Waals surface area contributed by atoms with E-state index in [0.717, 1.165) is 29.1 Å². The maximum absolute atomic E-state index is 6.29. The number of ether oxygens (including phenoxy) is 1. The Labute approximate surface area is 121 Å². The molecule has 4 rings (SSSR count). The lowest BCUT2D eigenvalue weighted by Crippen LogP contribution is -2.69. The molecule has 1 saturated heterocycles. The summed E-state index contributed by atoms with van der Waals surface area (Å²) in [5.41, 5.74) is 6.29. The summed E-state index contributed by atoms with van der Waals surface area (Å²) in [5.74, 6) is 1.38. The van der Waals surface area contributed by atoms with E-state index in [4.69, 9.17) is 10.5 Å².